The highest BCUT2D eigenvalue weighted by Gasteiger charge is 2.46. The fourth-order valence-corrected chi connectivity index (χ4v) is 4.37. The zero-order valence-electron chi connectivity index (χ0n) is 15.6. The van der Waals surface area contributed by atoms with Crippen molar-refractivity contribution >= 4 is 11.9 Å². The van der Waals surface area contributed by atoms with Crippen molar-refractivity contribution in [2.45, 2.75) is 44.9 Å². The standard InChI is InChI=1S/C21H29NO4/c1-26-14-11-21(9-4-10-21)20(25)22-12-7-16(8-13-22)15-17-5-2-3-6-18(17)19(23)24/h2-3,5-6,16H,4,7-15H2,1H3,(H,23,24). The summed E-state index contributed by atoms with van der Waals surface area (Å²) in [4.78, 5) is 26.4. The van der Waals surface area contributed by atoms with Crippen molar-refractivity contribution in [3.8, 4) is 0 Å². The van der Waals surface area contributed by atoms with Crippen molar-refractivity contribution in [2.24, 2.45) is 11.3 Å². The van der Waals surface area contributed by atoms with E-state index in [0.717, 1.165) is 63.6 Å². The number of ether oxygens (including phenoxy) is 1. The number of hydrogen-bond donors (Lipinski definition) is 1. The van der Waals surface area contributed by atoms with Crippen LogP contribution in [0.4, 0.5) is 0 Å². The fourth-order valence-electron chi connectivity index (χ4n) is 4.37. The third-order valence-electron chi connectivity index (χ3n) is 6.21. The maximum absolute atomic E-state index is 13.0. The van der Waals surface area contributed by atoms with Crippen LogP contribution >= 0.6 is 0 Å². The predicted octanol–water partition coefficient (Wildman–Crippen LogP) is 3.37. The first-order valence-electron chi connectivity index (χ1n) is 9.65. The van der Waals surface area contributed by atoms with Crippen LogP contribution in [0.3, 0.4) is 0 Å². The zero-order chi connectivity index (χ0) is 18.6. The van der Waals surface area contributed by atoms with Gasteiger partial charge in [-0.1, -0.05) is 24.6 Å². The fraction of sp³-hybridized carbons (Fsp3) is 0.619. The molecule has 1 saturated carbocycles. The van der Waals surface area contributed by atoms with Gasteiger partial charge in [0.25, 0.3) is 0 Å². The first-order chi connectivity index (χ1) is 12.6. The summed E-state index contributed by atoms with van der Waals surface area (Å²) in [6.45, 7) is 2.22. The lowest BCUT2D eigenvalue weighted by molar-refractivity contribution is -0.150. The van der Waals surface area contributed by atoms with Gasteiger partial charge in [0.2, 0.25) is 5.91 Å². The molecule has 1 saturated heterocycles. The molecule has 1 aliphatic carbocycles. The summed E-state index contributed by atoms with van der Waals surface area (Å²) in [6.07, 6.45) is 6.60. The second-order valence-corrected chi connectivity index (χ2v) is 7.78. The van der Waals surface area contributed by atoms with E-state index in [2.05, 4.69) is 0 Å². The molecule has 1 aromatic carbocycles. The number of likely N-dealkylation sites (tertiary alicyclic amines) is 1. The van der Waals surface area contributed by atoms with Gasteiger partial charge in [0.1, 0.15) is 0 Å². The molecule has 0 bridgehead atoms. The normalized spacial score (nSPS) is 19.8. The van der Waals surface area contributed by atoms with Gasteiger partial charge in [0, 0.05) is 26.8 Å². The number of carboxylic acids is 1. The zero-order valence-corrected chi connectivity index (χ0v) is 15.6. The molecule has 2 fully saturated rings. The van der Waals surface area contributed by atoms with Gasteiger partial charge >= 0.3 is 5.97 Å². The molecule has 1 N–H and O–H groups in total. The monoisotopic (exact) mass is 359 g/mol. The van der Waals surface area contributed by atoms with Crippen LogP contribution in [0.2, 0.25) is 0 Å². The van der Waals surface area contributed by atoms with Crippen LogP contribution in [0.25, 0.3) is 0 Å². The topological polar surface area (TPSA) is 66.8 Å². The average molecular weight is 359 g/mol. The Kier molecular flexibility index (Phi) is 5.97. The van der Waals surface area contributed by atoms with E-state index in [1.165, 1.54) is 0 Å². The maximum atomic E-state index is 13.0. The molecule has 142 valence electrons. The van der Waals surface area contributed by atoms with Crippen molar-refractivity contribution in [3.05, 3.63) is 35.4 Å². The summed E-state index contributed by atoms with van der Waals surface area (Å²) in [7, 11) is 1.69. The van der Waals surface area contributed by atoms with Crippen molar-refractivity contribution in [1.29, 1.82) is 0 Å². The molecule has 2 aliphatic rings. The lowest BCUT2D eigenvalue weighted by atomic mass is 9.65. The minimum atomic E-state index is -0.863. The SMILES string of the molecule is COCCC1(C(=O)N2CCC(Cc3ccccc3C(=O)O)CC2)CCC1. The van der Waals surface area contributed by atoms with Gasteiger partial charge < -0.3 is 14.7 Å². The van der Waals surface area contributed by atoms with Crippen LogP contribution in [0.1, 0.15) is 54.4 Å². The first kappa shape index (κ1) is 18.9. The van der Waals surface area contributed by atoms with Crippen LogP contribution in [0, 0.1) is 11.3 Å². The molecule has 5 nitrogen and oxygen atoms in total. The highest BCUT2D eigenvalue weighted by atomic mass is 16.5. The summed E-state index contributed by atoms with van der Waals surface area (Å²) < 4.78 is 5.21. The Morgan fingerprint density at radius 3 is 2.50 bits per heavy atom. The molecule has 3 rings (SSSR count). The van der Waals surface area contributed by atoms with E-state index in [4.69, 9.17) is 4.74 Å². The van der Waals surface area contributed by atoms with E-state index in [1.807, 2.05) is 17.0 Å². The van der Waals surface area contributed by atoms with E-state index >= 15 is 0 Å². The van der Waals surface area contributed by atoms with Gasteiger partial charge in [-0.3, -0.25) is 4.79 Å². The molecule has 0 radical (unpaired) electrons. The molecule has 0 aromatic heterocycles. The smallest absolute Gasteiger partial charge is 0.335 e. The number of amides is 1. The second kappa shape index (κ2) is 8.21. The van der Waals surface area contributed by atoms with Crippen molar-refractivity contribution < 1.29 is 19.4 Å². The van der Waals surface area contributed by atoms with Crippen LogP contribution < -0.4 is 0 Å². The van der Waals surface area contributed by atoms with Gasteiger partial charge in [-0.2, -0.15) is 0 Å². The quantitative estimate of drug-likeness (QED) is 0.810. The number of carbonyl (C=O) groups is 2. The van der Waals surface area contributed by atoms with E-state index < -0.39 is 5.97 Å². The molecule has 0 atom stereocenters. The van der Waals surface area contributed by atoms with Crippen molar-refractivity contribution in [1.82, 2.24) is 4.90 Å². The Morgan fingerprint density at radius 2 is 1.92 bits per heavy atom. The van der Waals surface area contributed by atoms with Gasteiger partial charge in [0.15, 0.2) is 0 Å². The van der Waals surface area contributed by atoms with Crippen molar-refractivity contribution in [2.75, 3.05) is 26.8 Å². The van der Waals surface area contributed by atoms with Gasteiger partial charge in [0.05, 0.1) is 11.0 Å². The van der Waals surface area contributed by atoms with E-state index in [0.29, 0.717) is 24.0 Å². The Balaban J connectivity index is 1.56. The Morgan fingerprint density at radius 1 is 1.23 bits per heavy atom. The van der Waals surface area contributed by atoms with Crippen molar-refractivity contribution in [3.63, 3.8) is 0 Å². The molecule has 0 spiro atoms. The van der Waals surface area contributed by atoms with Crippen LogP contribution in [-0.4, -0.2) is 48.7 Å². The number of rotatable bonds is 7. The Hall–Kier alpha value is -1.88. The molecule has 5 heteroatoms. The number of aromatic carboxylic acids is 1. The molecule has 0 unspecified atom stereocenters. The first-order valence-corrected chi connectivity index (χ1v) is 9.65. The van der Waals surface area contributed by atoms with Crippen LogP contribution in [0.5, 0.6) is 0 Å². The van der Waals surface area contributed by atoms with E-state index in [1.54, 1.807) is 19.2 Å². The number of carboxylic acid groups (broad SMARTS) is 1. The average Bonchev–Trinajstić information content (AvgIpc) is 2.61. The molecule has 26 heavy (non-hydrogen) atoms. The molecular formula is C21H29NO4. The molecule has 1 amide bonds. The van der Waals surface area contributed by atoms with Crippen LogP contribution in [0.15, 0.2) is 24.3 Å². The van der Waals surface area contributed by atoms with Gasteiger partial charge in [-0.25, -0.2) is 4.79 Å². The molecule has 1 aromatic rings. The summed E-state index contributed by atoms with van der Waals surface area (Å²) in [5, 5.41) is 9.34. The Bertz CT molecular complexity index is 645. The van der Waals surface area contributed by atoms with E-state index in [9.17, 15) is 14.7 Å². The summed E-state index contributed by atoms with van der Waals surface area (Å²) in [5.74, 6) is -0.112. The lowest BCUT2D eigenvalue weighted by Crippen LogP contribution is -2.51. The van der Waals surface area contributed by atoms with Gasteiger partial charge in [-0.05, 0) is 56.1 Å². The number of nitrogens with zero attached hydrogens (tertiary/aromatic N) is 1. The van der Waals surface area contributed by atoms with E-state index in [-0.39, 0.29) is 5.41 Å². The highest BCUT2D eigenvalue weighted by Crippen LogP contribution is 2.46. The van der Waals surface area contributed by atoms with Gasteiger partial charge in [-0.15, -0.1) is 0 Å². The van der Waals surface area contributed by atoms with Crippen LogP contribution in [-0.2, 0) is 16.0 Å². The maximum Gasteiger partial charge on any atom is 0.335 e. The predicted molar refractivity (Wildman–Crippen MR) is 99.2 cm³/mol. The summed E-state index contributed by atoms with van der Waals surface area (Å²) in [5.41, 5.74) is 1.12. The molecule has 1 heterocycles. The minimum Gasteiger partial charge on any atom is -0.478 e. The number of piperidine rings is 1. The largest absolute Gasteiger partial charge is 0.478 e. The Labute approximate surface area is 155 Å². The number of carbonyl (C=O) groups excluding carboxylic acids is 1. The number of benzene rings is 1. The third kappa shape index (κ3) is 3.93. The second-order valence-electron chi connectivity index (χ2n) is 7.78. The molecule has 1 aliphatic heterocycles. The molecular weight excluding hydrogens is 330 g/mol. The third-order valence-corrected chi connectivity index (χ3v) is 6.21. The summed E-state index contributed by atoms with van der Waals surface area (Å²) in [6, 6.07) is 7.25. The highest BCUT2D eigenvalue weighted by molar-refractivity contribution is 5.89. The lowest BCUT2D eigenvalue weighted by Gasteiger charge is -2.45. The number of hydrogen-bond acceptors (Lipinski definition) is 3. The number of methoxy groups -OCH3 is 1. The summed E-state index contributed by atoms with van der Waals surface area (Å²) >= 11 is 0. The minimum absolute atomic E-state index is 0.182.